The molecule has 1 aliphatic rings. The summed E-state index contributed by atoms with van der Waals surface area (Å²) in [7, 11) is 0. The molecule has 0 aromatic heterocycles. The molecule has 1 heterocycles. The molecule has 1 saturated heterocycles. The van der Waals surface area contributed by atoms with Crippen LogP contribution in [0.3, 0.4) is 0 Å². The van der Waals surface area contributed by atoms with E-state index >= 15 is 0 Å². The molecule has 3 aromatic rings. The van der Waals surface area contributed by atoms with Crippen molar-refractivity contribution in [2.24, 2.45) is 5.92 Å². The van der Waals surface area contributed by atoms with Crippen molar-refractivity contribution in [3.63, 3.8) is 0 Å². The molecule has 33 heavy (non-hydrogen) atoms. The molecule has 0 bridgehead atoms. The number of hydrogen-bond donors (Lipinski definition) is 1. The van der Waals surface area contributed by atoms with Gasteiger partial charge in [0, 0.05) is 22.7 Å². The number of aryl methyl sites for hydroxylation is 1. The molecule has 0 aliphatic carbocycles. The van der Waals surface area contributed by atoms with Gasteiger partial charge >= 0.3 is 5.97 Å². The summed E-state index contributed by atoms with van der Waals surface area (Å²) in [5.41, 5.74) is 2.60. The van der Waals surface area contributed by atoms with Gasteiger partial charge in [0.25, 0.3) is 0 Å². The van der Waals surface area contributed by atoms with Crippen LogP contribution in [0.25, 0.3) is 0 Å². The third kappa shape index (κ3) is 5.22. The smallest absolute Gasteiger partial charge is 0.308 e. The average molecular weight is 484 g/mol. The van der Waals surface area contributed by atoms with Gasteiger partial charge in [0.1, 0.15) is 5.75 Å². The fourth-order valence-corrected chi connectivity index (χ4v) is 4.43. The number of hydrogen-bond acceptors (Lipinski definition) is 4. The number of anilines is 1. The first-order valence-corrected chi connectivity index (χ1v) is 11.4. The number of aliphatic hydroxyl groups excluding tert-OH is 1. The van der Waals surface area contributed by atoms with Gasteiger partial charge in [-0.3, -0.25) is 9.59 Å². The minimum Gasteiger partial charge on any atom is -0.427 e. The quantitative estimate of drug-likeness (QED) is 0.269. The van der Waals surface area contributed by atoms with Crippen molar-refractivity contribution in [1.82, 2.24) is 0 Å². The fourth-order valence-electron chi connectivity index (χ4n) is 4.18. The topological polar surface area (TPSA) is 66.8 Å². The summed E-state index contributed by atoms with van der Waals surface area (Å²) in [6.07, 6.45) is 0.241. The molecule has 1 amide bonds. The average Bonchev–Trinajstić information content (AvgIpc) is 2.79. The van der Waals surface area contributed by atoms with Crippen LogP contribution in [0.5, 0.6) is 5.75 Å². The zero-order valence-corrected chi connectivity index (χ0v) is 19.5. The highest BCUT2D eigenvalue weighted by molar-refractivity contribution is 6.30. The van der Waals surface area contributed by atoms with Crippen LogP contribution in [0.2, 0.25) is 10.0 Å². The Balaban J connectivity index is 1.57. The van der Waals surface area contributed by atoms with Crippen molar-refractivity contribution in [2.75, 3.05) is 4.90 Å². The summed E-state index contributed by atoms with van der Waals surface area (Å²) in [6, 6.07) is 21.2. The van der Waals surface area contributed by atoms with Crippen molar-refractivity contribution in [2.45, 2.75) is 31.9 Å². The van der Waals surface area contributed by atoms with Gasteiger partial charge < -0.3 is 14.7 Å². The van der Waals surface area contributed by atoms with Gasteiger partial charge in [-0.2, -0.15) is 0 Å². The first-order valence-electron chi connectivity index (χ1n) is 10.6. The summed E-state index contributed by atoms with van der Waals surface area (Å²) in [5.74, 6) is -0.711. The normalized spacial score (nSPS) is 18.5. The first kappa shape index (κ1) is 23.3. The van der Waals surface area contributed by atoms with E-state index in [-0.39, 0.29) is 11.9 Å². The third-order valence-electron chi connectivity index (χ3n) is 5.79. The molecule has 7 heteroatoms. The SMILES string of the molecule is CC(=O)Oc1ccc([C@@H]2[C@@H]([C@@H](O)CCc3ccc(Cl)cc3)C(=O)N2c2ccc(Cl)cc2)cc1. The lowest BCUT2D eigenvalue weighted by atomic mass is 9.76. The number of benzene rings is 3. The largest absolute Gasteiger partial charge is 0.427 e. The van der Waals surface area contributed by atoms with Crippen LogP contribution in [0, 0.1) is 5.92 Å². The second-order valence-electron chi connectivity index (χ2n) is 8.05. The molecule has 0 spiro atoms. The highest BCUT2D eigenvalue weighted by atomic mass is 35.5. The van der Waals surface area contributed by atoms with E-state index < -0.39 is 18.0 Å². The van der Waals surface area contributed by atoms with Crippen LogP contribution in [0.4, 0.5) is 5.69 Å². The van der Waals surface area contributed by atoms with E-state index in [1.54, 1.807) is 41.3 Å². The number of rotatable bonds is 7. The Hall–Kier alpha value is -2.86. The maximum Gasteiger partial charge on any atom is 0.308 e. The van der Waals surface area contributed by atoms with Crippen LogP contribution in [-0.4, -0.2) is 23.1 Å². The summed E-state index contributed by atoms with van der Waals surface area (Å²) >= 11 is 12.0. The summed E-state index contributed by atoms with van der Waals surface area (Å²) in [6.45, 7) is 1.34. The molecule has 0 unspecified atom stereocenters. The summed E-state index contributed by atoms with van der Waals surface area (Å²) < 4.78 is 5.12. The predicted octanol–water partition coefficient (Wildman–Crippen LogP) is 5.62. The molecule has 3 aromatic carbocycles. The molecule has 0 radical (unpaired) electrons. The van der Waals surface area contributed by atoms with Gasteiger partial charge in [-0.25, -0.2) is 0 Å². The second-order valence-corrected chi connectivity index (χ2v) is 8.92. The molecule has 0 saturated carbocycles. The molecule has 170 valence electrons. The lowest BCUT2D eigenvalue weighted by Crippen LogP contribution is -2.59. The number of halogens is 2. The number of carbonyl (C=O) groups excluding carboxylic acids is 2. The fraction of sp³-hybridized carbons (Fsp3) is 0.231. The van der Waals surface area contributed by atoms with Crippen LogP contribution in [0.15, 0.2) is 72.8 Å². The standard InChI is InChI=1S/C26H23Cl2NO4/c1-16(30)33-22-13-5-18(6-14-22)25-24(23(31)15-4-17-2-7-19(27)8-3-17)26(32)29(25)21-11-9-20(28)10-12-21/h2-3,5-14,23-25,31H,4,15H2,1H3/t23-,24+,25+/m0/s1. The Bertz CT molecular complexity index is 1130. The van der Waals surface area contributed by atoms with Crippen molar-refractivity contribution in [3.8, 4) is 5.75 Å². The monoisotopic (exact) mass is 483 g/mol. The van der Waals surface area contributed by atoms with Crippen LogP contribution >= 0.6 is 23.2 Å². The van der Waals surface area contributed by atoms with Gasteiger partial charge in [-0.05, 0) is 72.5 Å². The molecule has 4 rings (SSSR count). The Kier molecular flexibility index (Phi) is 7.03. The van der Waals surface area contributed by atoms with Crippen molar-refractivity contribution in [1.29, 1.82) is 0 Å². The Morgan fingerprint density at radius 1 is 0.970 bits per heavy atom. The Labute approximate surface area is 202 Å². The minimum atomic E-state index is -0.824. The maximum absolute atomic E-state index is 13.2. The van der Waals surface area contributed by atoms with Crippen molar-refractivity contribution in [3.05, 3.63) is 94.0 Å². The second kappa shape index (κ2) is 9.96. The number of carbonyl (C=O) groups is 2. The number of ether oxygens (including phenoxy) is 1. The predicted molar refractivity (Wildman–Crippen MR) is 129 cm³/mol. The minimum absolute atomic E-state index is 0.144. The molecule has 1 fully saturated rings. The molecule has 3 atom stereocenters. The summed E-state index contributed by atoms with van der Waals surface area (Å²) in [5, 5.41) is 12.2. The maximum atomic E-state index is 13.2. The van der Waals surface area contributed by atoms with E-state index in [2.05, 4.69) is 0 Å². The lowest BCUT2D eigenvalue weighted by Gasteiger charge is -2.49. The van der Waals surface area contributed by atoms with E-state index in [9.17, 15) is 14.7 Å². The third-order valence-corrected chi connectivity index (χ3v) is 6.29. The number of aliphatic hydroxyl groups is 1. The van der Waals surface area contributed by atoms with E-state index in [1.165, 1.54) is 6.92 Å². The Morgan fingerprint density at radius 2 is 1.55 bits per heavy atom. The molecular weight excluding hydrogens is 461 g/mol. The van der Waals surface area contributed by atoms with Crippen molar-refractivity contribution >= 4 is 40.8 Å². The van der Waals surface area contributed by atoms with Crippen LogP contribution in [-0.2, 0) is 16.0 Å². The zero-order chi connectivity index (χ0) is 23.5. The van der Waals surface area contributed by atoms with Crippen LogP contribution in [0.1, 0.15) is 30.5 Å². The molecular formula is C26H23Cl2NO4. The molecule has 5 nitrogen and oxygen atoms in total. The highest BCUT2D eigenvalue weighted by Gasteiger charge is 2.52. The molecule has 1 aliphatic heterocycles. The number of β-lactam (4-membered cyclic amide) rings is 1. The van der Waals surface area contributed by atoms with Crippen molar-refractivity contribution < 1.29 is 19.4 Å². The Morgan fingerprint density at radius 3 is 2.12 bits per heavy atom. The number of esters is 1. The van der Waals surface area contributed by atoms with Gasteiger partial charge in [0.05, 0.1) is 18.1 Å². The van der Waals surface area contributed by atoms with Gasteiger partial charge in [-0.1, -0.05) is 47.5 Å². The van der Waals surface area contributed by atoms with Gasteiger partial charge in [0.2, 0.25) is 5.91 Å². The van der Waals surface area contributed by atoms with E-state index in [1.807, 2.05) is 36.4 Å². The van der Waals surface area contributed by atoms with E-state index in [4.69, 9.17) is 27.9 Å². The van der Waals surface area contributed by atoms with Gasteiger partial charge in [-0.15, -0.1) is 0 Å². The highest BCUT2D eigenvalue weighted by Crippen LogP contribution is 2.46. The number of amides is 1. The van der Waals surface area contributed by atoms with Crippen LogP contribution < -0.4 is 9.64 Å². The zero-order valence-electron chi connectivity index (χ0n) is 17.9. The summed E-state index contributed by atoms with van der Waals surface area (Å²) in [4.78, 5) is 26.1. The number of nitrogens with zero attached hydrogens (tertiary/aromatic N) is 1. The van der Waals surface area contributed by atoms with E-state index in [0.717, 1.165) is 11.1 Å². The van der Waals surface area contributed by atoms with Gasteiger partial charge in [0.15, 0.2) is 0 Å². The van der Waals surface area contributed by atoms with E-state index in [0.29, 0.717) is 34.3 Å². The lowest BCUT2D eigenvalue weighted by molar-refractivity contribution is -0.136. The first-order chi connectivity index (χ1) is 15.8. The molecule has 1 N–H and O–H groups in total.